The van der Waals surface area contributed by atoms with Crippen molar-refractivity contribution in [1.29, 1.82) is 0 Å². The highest BCUT2D eigenvalue weighted by Gasteiger charge is 2.31. The number of nitrogens with zero attached hydrogens (tertiary/aromatic N) is 1. The molecule has 0 bridgehead atoms. The molecule has 3 rings (SSSR count). The molecule has 2 heterocycles. The number of halogens is 1. The summed E-state index contributed by atoms with van der Waals surface area (Å²) in [6.45, 7) is 4.09. The zero-order chi connectivity index (χ0) is 17.3. The first kappa shape index (κ1) is 16.8. The van der Waals surface area contributed by atoms with Crippen LogP contribution in [0.3, 0.4) is 0 Å². The molecule has 1 aromatic carbocycles. The lowest BCUT2D eigenvalue weighted by atomic mass is 10.1. The fourth-order valence-electron chi connectivity index (χ4n) is 3.02. The largest absolute Gasteiger partial charge is 0.310 e. The van der Waals surface area contributed by atoms with Crippen molar-refractivity contribution < 1.29 is 9.18 Å². The van der Waals surface area contributed by atoms with Gasteiger partial charge in [-0.3, -0.25) is 19.4 Å². The van der Waals surface area contributed by atoms with Gasteiger partial charge >= 0.3 is 0 Å². The van der Waals surface area contributed by atoms with Gasteiger partial charge in [-0.25, -0.2) is 4.39 Å². The monoisotopic (exact) mass is 349 g/mol. The lowest BCUT2D eigenvalue weighted by molar-refractivity contribution is -0.113. The van der Waals surface area contributed by atoms with Gasteiger partial charge in [-0.2, -0.15) is 0 Å². The first-order valence-corrected chi connectivity index (χ1v) is 9.07. The number of rotatable bonds is 4. The second-order valence-electron chi connectivity index (χ2n) is 6.00. The van der Waals surface area contributed by atoms with E-state index >= 15 is 0 Å². The predicted octanol–water partition coefficient (Wildman–Crippen LogP) is 3.45. The molecule has 5 nitrogen and oxygen atoms in total. The van der Waals surface area contributed by atoms with E-state index in [2.05, 4.69) is 17.3 Å². The Kier molecular flexibility index (Phi) is 4.80. The standard InChI is InChI=1S/C17H20FN3O2S/c1-3-4-10(2)21-16-14(17(23)20-21)15(24-9-13(22)19-16)11-5-7-12(18)8-6-11/h5-8,10,15H,3-4,9H2,1-2H3,(H,19,22)(H,20,23)/t10-,15-/m0/s1. The van der Waals surface area contributed by atoms with Crippen molar-refractivity contribution in [1.82, 2.24) is 9.78 Å². The van der Waals surface area contributed by atoms with Gasteiger partial charge in [0.05, 0.1) is 16.6 Å². The number of hydrogen-bond acceptors (Lipinski definition) is 3. The van der Waals surface area contributed by atoms with E-state index in [0.717, 1.165) is 18.4 Å². The number of carbonyl (C=O) groups is 1. The fraction of sp³-hybridized carbons (Fsp3) is 0.412. The van der Waals surface area contributed by atoms with Crippen molar-refractivity contribution in [2.45, 2.75) is 38.0 Å². The average molecular weight is 349 g/mol. The van der Waals surface area contributed by atoms with Gasteiger partial charge in [0.1, 0.15) is 11.6 Å². The summed E-state index contributed by atoms with van der Waals surface area (Å²) in [5.41, 5.74) is 1.13. The molecule has 128 valence electrons. The molecule has 0 aliphatic carbocycles. The molecule has 1 amide bonds. The van der Waals surface area contributed by atoms with Crippen LogP contribution < -0.4 is 10.9 Å². The number of aromatic amines is 1. The molecule has 0 unspecified atom stereocenters. The number of fused-ring (bicyclic) bond motifs is 1. The number of benzene rings is 1. The van der Waals surface area contributed by atoms with Crippen LogP contribution in [-0.2, 0) is 4.79 Å². The minimum atomic E-state index is -0.324. The van der Waals surface area contributed by atoms with Gasteiger partial charge in [-0.15, -0.1) is 11.8 Å². The van der Waals surface area contributed by atoms with Crippen molar-refractivity contribution in [3.05, 3.63) is 51.6 Å². The second-order valence-corrected chi connectivity index (χ2v) is 7.10. The summed E-state index contributed by atoms with van der Waals surface area (Å²) in [4.78, 5) is 24.7. The lowest BCUT2D eigenvalue weighted by Gasteiger charge is -2.17. The molecule has 1 aromatic heterocycles. The Balaban J connectivity index is 2.11. The van der Waals surface area contributed by atoms with Crippen molar-refractivity contribution in [2.75, 3.05) is 11.1 Å². The molecule has 0 radical (unpaired) electrons. The molecule has 0 spiro atoms. The topological polar surface area (TPSA) is 66.9 Å². The van der Waals surface area contributed by atoms with Crippen molar-refractivity contribution in [3.63, 3.8) is 0 Å². The SMILES string of the molecule is CCC[C@H](C)n1[nH]c(=O)c2c1NC(=O)CS[C@H]2c1ccc(F)cc1. The van der Waals surface area contributed by atoms with Crippen molar-refractivity contribution in [2.24, 2.45) is 0 Å². The fourth-order valence-corrected chi connectivity index (χ4v) is 4.15. The van der Waals surface area contributed by atoms with Crippen LogP contribution >= 0.6 is 11.8 Å². The summed E-state index contributed by atoms with van der Waals surface area (Å²) in [6, 6.07) is 6.16. The van der Waals surface area contributed by atoms with E-state index in [9.17, 15) is 14.0 Å². The number of anilines is 1. The van der Waals surface area contributed by atoms with Crippen LogP contribution in [0.1, 0.15) is 49.1 Å². The molecule has 2 atom stereocenters. The van der Waals surface area contributed by atoms with Crippen LogP contribution in [0, 0.1) is 5.82 Å². The zero-order valence-electron chi connectivity index (χ0n) is 13.6. The minimum Gasteiger partial charge on any atom is -0.310 e. The van der Waals surface area contributed by atoms with Gasteiger partial charge in [0.15, 0.2) is 0 Å². The van der Waals surface area contributed by atoms with Gasteiger partial charge in [-0.05, 0) is 31.0 Å². The third-order valence-corrected chi connectivity index (χ3v) is 5.45. The number of thioether (sulfide) groups is 1. The maximum Gasteiger partial charge on any atom is 0.270 e. The Labute approximate surface area is 143 Å². The van der Waals surface area contributed by atoms with Crippen molar-refractivity contribution >= 4 is 23.5 Å². The summed E-state index contributed by atoms with van der Waals surface area (Å²) >= 11 is 1.38. The van der Waals surface area contributed by atoms with Gasteiger partial charge in [-0.1, -0.05) is 25.5 Å². The van der Waals surface area contributed by atoms with Gasteiger partial charge in [0.25, 0.3) is 5.56 Å². The summed E-state index contributed by atoms with van der Waals surface area (Å²) in [6.07, 6.45) is 1.86. The predicted molar refractivity (Wildman–Crippen MR) is 94.0 cm³/mol. The number of nitrogens with one attached hydrogen (secondary N) is 2. The smallest absolute Gasteiger partial charge is 0.270 e. The third-order valence-electron chi connectivity index (χ3n) is 4.18. The van der Waals surface area contributed by atoms with Crippen LogP contribution in [0.2, 0.25) is 0 Å². The maximum absolute atomic E-state index is 13.2. The molecule has 2 aromatic rings. The first-order valence-electron chi connectivity index (χ1n) is 8.02. The molecular weight excluding hydrogens is 329 g/mol. The lowest BCUT2D eigenvalue weighted by Crippen LogP contribution is -2.18. The Hall–Kier alpha value is -2.02. The van der Waals surface area contributed by atoms with E-state index in [0.29, 0.717) is 11.4 Å². The molecule has 1 aliphatic heterocycles. The van der Waals surface area contributed by atoms with Crippen molar-refractivity contribution in [3.8, 4) is 0 Å². The second kappa shape index (κ2) is 6.84. The summed E-state index contributed by atoms with van der Waals surface area (Å²) in [5, 5.41) is 5.41. The van der Waals surface area contributed by atoms with E-state index < -0.39 is 0 Å². The van der Waals surface area contributed by atoms with E-state index in [1.54, 1.807) is 16.8 Å². The maximum atomic E-state index is 13.2. The minimum absolute atomic E-state index is 0.0729. The number of amides is 1. The van der Waals surface area contributed by atoms with Crippen LogP contribution in [0.5, 0.6) is 0 Å². The summed E-state index contributed by atoms with van der Waals surface area (Å²) in [5.74, 6) is 0.320. The molecular formula is C17H20FN3O2S. The molecule has 2 N–H and O–H groups in total. The highest BCUT2D eigenvalue weighted by atomic mass is 32.2. The van der Waals surface area contributed by atoms with Gasteiger partial charge in [0, 0.05) is 6.04 Å². The first-order chi connectivity index (χ1) is 11.5. The van der Waals surface area contributed by atoms with Crippen LogP contribution in [0.15, 0.2) is 29.1 Å². The third kappa shape index (κ3) is 3.13. The van der Waals surface area contributed by atoms with E-state index in [4.69, 9.17) is 0 Å². The number of carbonyl (C=O) groups excluding carboxylic acids is 1. The Bertz CT molecular complexity index is 797. The van der Waals surface area contributed by atoms with Gasteiger partial charge < -0.3 is 5.32 Å². The molecule has 1 aliphatic rings. The highest BCUT2D eigenvalue weighted by Crippen LogP contribution is 2.40. The van der Waals surface area contributed by atoms with Crippen LogP contribution in [-0.4, -0.2) is 21.4 Å². The van der Waals surface area contributed by atoms with Crippen LogP contribution in [0.4, 0.5) is 10.2 Å². The Morgan fingerprint density at radius 2 is 2.04 bits per heavy atom. The summed E-state index contributed by atoms with van der Waals surface area (Å²) in [7, 11) is 0. The number of hydrogen-bond donors (Lipinski definition) is 2. The molecule has 7 heteroatoms. The average Bonchev–Trinajstić information content (AvgIpc) is 2.75. The molecule has 0 saturated carbocycles. The Morgan fingerprint density at radius 3 is 2.71 bits per heavy atom. The quantitative estimate of drug-likeness (QED) is 0.888. The number of H-pyrrole nitrogens is 1. The normalized spacial score (nSPS) is 18.6. The van der Waals surface area contributed by atoms with Gasteiger partial charge in [0.2, 0.25) is 5.91 Å². The number of aromatic nitrogens is 2. The van der Waals surface area contributed by atoms with Crippen LogP contribution in [0.25, 0.3) is 0 Å². The molecule has 0 fully saturated rings. The zero-order valence-corrected chi connectivity index (χ0v) is 14.5. The van der Waals surface area contributed by atoms with E-state index in [1.165, 1.54) is 23.9 Å². The molecule has 24 heavy (non-hydrogen) atoms. The summed E-state index contributed by atoms with van der Waals surface area (Å²) < 4.78 is 15.0. The molecule has 0 saturated heterocycles. The van der Waals surface area contributed by atoms with E-state index in [-0.39, 0.29) is 34.3 Å². The highest BCUT2D eigenvalue weighted by molar-refractivity contribution is 8.00. The van der Waals surface area contributed by atoms with E-state index in [1.807, 2.05) is 6.92 Å². The Morgan fingerprint density at radius 1 is 1.33 bits per heavy atom.